The summed E-state index contributed by atoms with van der Waals surface area (Å²) in [6.07, 6.45) is 2.09. The zero-order valence-corrected chi connectivity index (χ0v) is 20.0. The standard InChI is InChI=1S/C24H29ClFN3O3S/c25-19-3-9-22(10-4-19)33(31,32)24(11-1-2-12-24)23(30)27-13-14-28-15-17-29(18-16-28)21-7-5-20(26)6-8-21/h3-10H,1-2,11-18H2,(H,27,30). The first kappa shape index (κ1) is 24.0. The normalized spacial score (nSPS) is 18.9. The number of amides is 1. The first-order valence-corrected chi connectivity index (χ1v) is 13.2. The van der Waals surface area contributed by atoms with Gasteiger partial charge in [0, 0.05) is 50.0 Å². The summed E-state index contributed by atoms with van der Waals surface area (Å²) in [6.45, 7) is 4.32. The summed E-state index contributed by atoms with van der Waals surface area (Å²) in [6, 6.07) is 12.5. The third-order valence-corrected chi connectivity index (χ3v) is 9.51. The van der Waals surface area contributed by atoms with Crippen molar-refractivity contribution >= 4 is 33.0 Å². The summed E-state index contributed by atoms with van der Waals surface area (Å²) in [7, 11) is -3.83. The van der Waals surface area contributed by atoms with Crippen LogP contribution < -0.4 is 10.2 Å². The third kappa shape index (κ3) is 5.03. The molecule has 1 heterocycles. The Morgan fingerprint density at radius 1 is 0.970 bits per heavy atom. The van der Waals surface area contributed by atoms with Crippen LogP contribution in [0.15, 0.2) is 53.4 Å². The van der Waals surface area contributed by atoms with Crippen molar-refractivity contribution in [2.75, 3.05) is 44.2 Å². The SMILES string of the molecule is O=C(NCCN1CCN(c2ccc(F)cc2)CC1)C1(S(=O)(=O)c2ccc(Cl)cc2)CCCC1. The Balaban J connectivity index is 1.33. The van der Waals surface area contributed by atoms with Crippen molar-refractivity contribution in [3.05, 3.63) is 59.4 Å². The van der Waals surface area contributed by atoms with Crippen LogP contribution in [0.4, 0.5) is 10.1 Å². The molecule has 2 aliphatic rings. The van der Waals surface area contributed by atoms with Gasteiger partial charge in [0.25, 0.3) is 0 Å². The second-order valence-corrected chi connectivity index (χ2v) is 11.4. The molecule has 0 unspecified atom stereocenters. The Labute approximate surface area is 199 Å². The van der Waals surface area contributed by atoms with E-state index in [2.05, 4.69) is 15.1 Å². The number of hydrogen-bond donors (Lipinski definition) is 1. The lowest BCUT2D eigenvalue weighted by molar-refractivity contribution is -0.123. The second kappa shape index (κ2) is 9.99. The predicted molar refractivity (Wildman–Crippen MR) is 128 cm³/mol. The van der Waals surface area contributed by atoms with Gasteiger partial charge < -0.3 is 10.2 Å². The highest BCUT2D eigenvalue weighted by Gasteiger charge is 2.52. The van der Waals surface area contributed by atoms with E-state index in [1.54, 1.807) is 24.3 Å². The maximum Gasteiger partial charge on any atom is 0.241 e. The fraction of sp³-hybridized carbons (Fsp3) is 0.458. The van der Waals surface area contributed by atoms with Gasteiger partial charge in [0.2, 0.25) is 5.91 Å². The van der Waals surface area contributed by atoms with Gasteiger partial charge in [-0.15, -0.1) is 0 Å². The van der Waals surface area contributed by atoms with Crippen LogP contribution in [0.25, 0.3) is 0 Å². The quantitative estimate of drug-likeness (QED) is 0.639. The Hall–Kier alpha value is -2.16. The number of halogens is 2. The predicted octanol–water partition coefficient (Wildman–Crippen LogP) is 3.50. The molecular weight excluding hydrogens is 465 g/mol. The van der Waals surface area contributed by atoms with E-state index in [1.165, 1.54) is 24.3 Å². The molecular formula is C24H29ClFN3O3S. The lowest BCUT2D eigenvalue weighted by Crippen LogP contribution is -2.53. The van der Waals surface area contributed by atoms with Gasteiger partial charge in [0.1, 0.15) is 5.82 Å². The van der Waals surface area contributed by atoms with Crippen molar-refractivity contribution in [1.29, 1.82) is 0 Å². The van der Waals surface area contributed by atoms with Crippen LogP contribution in [0.3, 0.4) is 0 Å². The lowest BCUT2D eigenvalue weighted by atomic mass is 10.1. The van der Waals surface area contributed by atoms with Crippen molar-refractivity contribution in [3.8, 4) is 0 Å². The molecule has 0 bridgehead atoms. The number of nitrogens with one attached hydrogen (secondary N) is 1. The van der Waals surface area contributed by atoms with E-state index in [9.17, 15) is 17.6 Å². The molecule has 2 aromatic carbocycles. The maximum absolute atomic E-state index is 13.4. The molecule has 2 fully saturated rings. The largest absolute Gasteiger partial charge is 0.369 e. The molecule has 178 valence electrons. The average Bonchev–Trinajstić information content (AvgIpc) is 3.33. The number of benzene rings is 2. The van der Waals surface area contributed by atoms with Crippen LogP contribution in [-0.2, 0) is 14.6 Å². The van der Waals surface area contributed by atoms with E-state index in [4.69, 9.17) is 11.6 Å². The van der Waals surface area contributed by atoms with Gasteiger partial charge in [-0.25, -0.2) is 12.8 Å². The fourth-order valence-electron chi connectivity index (χ4n) is 4.77. The lowest BCUT2D eigenvalue weighted by Gasteiger charge is -2.36. The molecule has 6 nitrogen and oxygen atoms in total. The smallest absolute Gasteiger partial charge is 0.241 e. The number of nitrogens with zero attached hydrogens (tertiary/aromatic N) is 2. The van der Waals surface area contributed by atoms with Gasteiger partial charge >= 0.3 is 0 Å². The van der Waals surface area contributed by atoms with Crippen LogP contribution in [-0.4, -0.2) is 63.2 Å². The van der Waals surface area contributed by atoms with Crippen LogP contribution >= 0.6 is 11.6 Å². The Morgan fingerprint density at radius 2 is 1.58 bits per heavy atom. The molecule has 0 radical (unpaired) electrons. The minimum atomic E-state index is -3.83. The summed E-state index contributed by atoms with van der Waals surface area (Å²) in [4.78, 5) is 17.8. The summed E-state index contributed by atoms with van der Waals surface area (Å²) in [5.74, 6) is -0.647. The van der Waals surface area contributed by atoms with Gasteiger partial charge in [0.05, 0.1) is 4.90 Å². The van der Waals surface area contributed by atoms with Gasteiger partial charge in [-0.1, -0.05) is 24.4 Å². The van der Waals surface area contributed by atoms with E-state index in [0.29, 0.717) is 43.8 Å². The van der Waals surface area contributed by atoms with Crippen LogP contribution in [0.5, 0.6) is 0 Å². The average molecular weight is 494 g/mol. The van der Waals surface area contributed by atoms with Crippen LogP contribution in [0.2, 0.25) is 5.02 Å². The number of piperazine rings is 1. The highest BCUT2D eigenvalue weighted by atomic mass is 35.5. The number of sulfone groups is 1. The molecule has 0 atom stereocenters. The Kier molecular flexibility index (Phi) is 7.26. The van der Waals surface area contributed by atoms with Crippen molar-refractivity contribution < 1.29 is 17.6 Å². The molecule has 0 aromatic heterocycles. The fourth-order valence-corrected chi connectivity index (χ4v) is 6.99. The number of carbonyl (C=O) groups excluding carboxylic acids is 1. The van der Waals surface area contributed by atoms with Crippen molar-refractivity contribution in [1.82, 2.24) is 10.2 Å². The number of anilines is 1. The molecule has 4 rings (SSSR count). The molecule has 1 saturated carbocycles. The Morgan fingerprint density at radius 3 is 2.18 bits per heavy atom. The second-order valence-electron chi connectivity index (χ2n) is 8.72. The van der Waals surface area contributed by atoms with E-state index >= 15 is 0 Å². The molecule has 9 heteroatoms. The van der Waals surface area contributed by atoms with Gasteiger partial charge in [-0.05, 0) is 61.4 Å². The van der Waals surface area contributed by atoms with Gasteiger partial charge in [-0.2, -0.15) is 0 Å². The summed E-state index contributed by atoms with van der Waals surface area (Å²) < 4.78 is 38.6. The minimum Gasteiger partial charge on any atom is -0.369 e. The number of rotatable bonds is 7. The first-order chi connectivity index (χ1) is 15.8. The highest BCUT2D eigenvalue weighted by Crippen LogP contribution is 2.41. The molecule has 0 spiro atoms. The van der Waals surface area contributed by atoms with Crippen molar-refractivity contribution in [2.24, 2.45) is 0 Å². The Bertz CT molecular complexity index is 1060. The van der Waals surface area contributed by atoms with Crippen molar-refractivity contribution in [2.45, 2.75) is 35.3 Å². The first-order valence-electron chi connectivity index (χ1n) is 11.3. The third-order valence-electron chi connectivity index (χ3n) is 6.74. The van der Waals surface area contributed by atoms with Gasteiger partial charge in [0.15, 0.2) is 14.6 Å². The summed E-state index contributed by atoms with van der Waals surface area (Å²) >= 11 is 5.91. The van der Waals surface area contributed by atoms with E-state index in [1.807, 2.05) is 0 Å². The monoisotopic (exact) mass is 493 g/mol. The number of carbonyl (C=O) groups is 1. The minimum absolute atomic E-state index is 0.140. The van der Waals surface area contributed by atoms with Crippen molar-refractivity contribution in [3.63, 3.8) is 0 Å². The topological polar surface area (TPSA) is 69.7 Å². The molecule has 1 aliphatic heterocycles. The molecule has 1 saturated heterocycles. The zero-order chi connectivity index (χ0) is 23.5. The van der Waals surface area contributed by atoms with E-state index < -0.39 is 20.5 Å². The van der Waals surface area contributed by atoms with E-state index in [-0.39, 0.29) is 10.7 Å². The molecule has 1 N–H and O–H groups in total. The molecule has 2 aromatic rings. The maximum atomic E-state index is 13.4. The molecule has 1 aliphatic carbocycles. The zero-order valence-electron chi connectivity index (χ0n) is 18.5. The molecule has 1 amide bonds. The van der Waals surface area contributed by atoms with Crippen LogP contribution in [0.1, 0.15) is 25.7 Å². The highest BCUT2D eigenvalue weighted by molar-refractivity contribution is 7.93. The number of hydrogen-bond acceptors (Lipinski definition) is 5. The molecule has 33 heavy (non-hydrogen) atoms. The van der Waals surface area contributed by atoms with E-state index in [0.717, 1.165) is 31.9 Å². The van der Waals surface area contributed by atoms with Crippen LogP contribution in [0, 0.1) is 5.82 Å². The summed E-state index contributed by atoms with van der Waals surface area (Å²) in [5, 5.41) is 3.36. The van der Waals surface area contributed by atoms with Gasteiger partial charge in [-0.3, -0.25) is 9.69 Å². The summed E-state index contributed by atoms with van der Waals surface area (Å²) in [5.41, 5.74) is 1.000.